The number of pyridine rings is 1. The maximum atomic E-state index is 13.5. The van der Waals surface area contributed by atoms with Crippen LogP contribution in [0.4, 0.5) is 10.1 Å². The molecule has 3 aromatic carbocycles. The van der Waals surface area contributed by atoms with Crippen LogP contribution in [0.15, 0.2) is 66.7 Å². The van der Waals surface area contributed by atoms with Crippen LogP contribution in [0.5, 0.6) is 5.75 Å². The Kier molecular flexibility index (Phi) is 4.93. The number of fused-ring (bicyclic) bond motifs is 1. The normalized spacial score (nSPS) is 12.1. The van der Waals surface area contributed by atoms with Gasteiger partial charge in [0.2, 0.25) is 0 Å². The van der Waals surface area contributed by atoms with Crippen molar-refractivity contribution in [2.75, 3.05) is 5.32 Å². The highest BCUT2D eigenvalue weighted by Gasteiger charge is 2.20. The summed E-state index contributed by atoms with van der Waals surface area (Å²) < 4.78 is 13.5. The molecule has 1 atom stereocenters. The summed E-state index contributed by atoms with van der Waals surface area (Å²) in [6.45, 7) is 6.03. The summed E-state index contributed by atoms with van der Waals surface area (Å²) in [5, 5.41) is 15.4. The summed E-state index contributed by atoms with van der Waals surface area (Å²) in [6.07, 6.45) is 0. The number of rotatable bonds is 4. The van der Waals surface area contributed by atoms with Gasteiger partial charge in [0.15, 0.2) is 0 Å². The number of aromatic nitrogens is 1. The minimum absolute atomic E-state index is 0.136. The Morgan fingerprint density at radius 3 is 2.31 bits per heavy atom. The van der Waals surface area contributed by atoms with Gasteiger partial charge in [-0.15, -0.1) is 0 Å². The average molecular weight is 386 g/mol. The van der Waals surface area contributed by atoms with E-state index < -0.39 is 0 Å². The van der Waals surface area contributed by atoms with Crippen molar-refractivity contribution in [3.63, 3.8) is 0 Å². The number of nitrogens with one attached hydrogen (secondary N) is 1. The molecule has 0 aliphatic rings. The fourth-order valence-corrected chi connectivity index (χ4v) is 3.51. The van der Waals surface area contributed by atoms with Crippen LogP contribution in [0, 0.1) is 26.6 Å². The predicted octanol–water partition coefficient (Wildman–Crippen LogP) is 6.21. The lowest BCUT2D eigenvalue weighted by Gasteiger charge is -2.23. The molecule has 1 heterocycles. The van der Waals surface area contributed by atoms with Crippen LogP contribution in [-0.2, 0) is 0 Å². The number of aryl methyl sites for hydroxylation is 3. The molecule has 0 fully saturated rings. The van der Waals surface area contributed by atoms with Gasteiger partial charge >= 0.3 is 0 Å². The molecule has 0 saturated heterocycles. The summed E-state index contributed by atoms with van der Waals surface area (Å²) in [6, 6.07) is 19.9. The minimum Gasteiger partial charge on any atom is -0.505 e. The first-order chi connectivity index (χ1) is 13.9. The van der Waals surface area contributed by atoms with Gasteiger partial charge in [0.05, 0.1) is 6.04 Å². The summed E-state index contributed by atoms with van der Waals surface area (Å²) in [4.78, 5) is 4.52. The third kappa shape index (κ3) is 3.79. The largest absolute Gasteiger partial charge is 0.505 e. The first-order valence-electron chi connectivity index (χ1n) is 9.61. The summed E-state index contributed by atoms with van der Waals surface area (Å²) in [5.41, 5.74) is 6.27. The number of nitrogens with zero attached hydrogens (tertiary/aromatic N) is 1. The number of phenolic OH excluding ortho intramolecular Hbond substituents is 1. The molecule has 0 aliphatic carbocycles. The second-order valence-corrected chi connectivity index (χ2v) is 7.46. The standard InChI is InChI=1S/C25H23FN2O/c1-15-4-12-21(14-16(15)2)28-23(18-7-10-20(26)11-8-18)22-13-9-19-6-5-17(3)27-24(19)25(22)29/h4-14,23,28-29H,1-3H3. The van der Waals surface area contributed by atoms with Gasteiger partial charge in [0.25, 0.3) is 0 Å². The molecule has 29 heavy (non-hydrogen) atoms. The smallest absolute Gasteiger partial charge is 0.147 e. The Morgan fingerprint density at radius 1 is 0.862 bits per heavy atom. The first-order valence-corrected chi connectivity index (χ1v) is 9.61. The molecule has 0 amide bonds. The topological polar surface area (TPSA) is 45.1 Å². The van der Waals surface area contributed by atoms with Crippen molar-refractivity contribution in [1.82, 2.24) is 4.98 Å². The Labute approximate surface area is 169 Å². The molecule has 0 saturated carbocycles. The zero-order valence-electron chi connectivity index (χ0n) is 16.7. The van der Waals surface area contributed by atoms with Gasteiger partial charge in [-0.25, -0.2) is 9.37 Å². The van der Waals surface area contributed by atoms with E-state index >= 15 is 0 Å². The van der Waals surface area contributed by atoms with Gasteiger partial charge in [-0.3, -0.25) is 0 Å². The maximum Gasteiger partial charge on any atom is 0.147 e. The number of hydrogen-bond donors (Lipinski definition) is 2. The van der Waals surface area contributed by atoms with Crippen molar-refractivity contribution in [2.45, 2.75) is 26.8 Å². The van der Waals surface area contributed by atoms with E-state index in [-0.39, 0.29) is 17.6 Å². The molecule has 0 aliphatic heterocycles. The zero-order chi connectivity index (χ0) is 20.5. The van der Waals surface area contributed by atoms with Crippen LogP contribution < -0.4 is 5.32 Å². The molecule has 4 aromatic rings. The maximum absolute atomic E-state index is 13.5. The van der Waals surface area contributed by atoms with Gasteiger partial charge in [-0.1, -0.05) is 36.4 Å². The van der Waals surface area contributed by atoms with Crippen molar-refractivity contribution < 1.29 is 9.50 Å². The number of halogens is 1. The molecule has 1 unspecified atom stereocenters. The molecule has 3 nitrogen and oxygen atoms in total. The van der Waals surface area contributed by atoms with Crippen LogP contribution in [0.1, 0.15) is 34.0 Å². The second-order valence-electron chi connectivity index (χ2n) is 7.46. The fraction of sp³-hybridized carbons (Fsp3) is 0.160. The molecular formula is C25H23FN2O. The quantitative estimate of drug-likeness (QED) is 0.438. The van der Waals surface area contributed by atoms with Crippen molar-refractivity contribution in [3.8, 4) is 5.75 Å². The highest BCUT2D eigenvalue weighted by Crippen LogP contribution is 2.37. The third-order valence-corrected chi connectivity index (χ3v) is 5.34. The number of anilines is 1. The Balaban J connectivity index is 1.85. The second kappa shape index (κ2) is 7.55. The van der Waals surface area contributed by atoms with E-state index in [0.29, 0.717) is 11.1 Å². The van der Waals surface area contributed by atoms with E-state index in [4.69, 9.17) is 0 Å². The van der Waals surface area contributed by atoms with Crippen LogP contribution in [0.3, 0.4) is 0 Å². The third-order valence-electron chi connectivity index (χ3n) is 5.34. The van der Waals surface area contributed by atoms with E-state index in [9.17, 15) is 9.50 Å². The van der Waals surface area contributed by atoms with Crippen molar-refractivity contribution in [2.24, 2.45) is 0 Å². The average Bonchev–Trinajstić information content (AvgIpc) is 2.71. The Bertz CT molecular complexity index is 1190. The molecule has 0 radical (unpaired) electrons. The van der Waals surface area contributed by atoms with E-state index in [0.717, 1.165) is 22.3 Å². The molecule has 0 bridgehead atoms. The number of aromatic hydroxyl groups is 1. The van der Waals surface area contributed by atoms with Gasteiger partial charge in [-0.2, -0.15) is 0 Å². The first kappa shape index (κ1) is 18.9. The zero-order valence-corrected chi connectivity index (χ0v) is 16.7. The van der Waals surface area contributed by atoms with E-state index in [1.807, 2.05) is 37.3 Å². The lowest BCUT2D eigenvalue weighted by Crippen LogP contribution is -2.13. The highest BCUT2D eigenvalue weighted by molar-refractivity contribution is 5.86. The lowest BCUT2D eigenvalue weighted by atomic mass is 9.95. The van der Waals surface area contributed by atoms with Crippen molar-refractivity contribution >= 4 is 16.6 Å². The van der Waals surface area contributed by atoms with Gasteiger partial charge in [-0.05, 0) is 67.8 Å². The monoisotopic (exact) mass is 386 g/mol. The van der Waals surface area contributed by atoms with Crippen LogP contribution in [-0.4, -0.2) is 10.1 Å². The van der Waals surface area contributed by atoms with Crippen LogP contribution >= 0.6 is 0 Å². The Hall–Kier alpha value is -3.40. The fourth-order valence-electron chi connectivity index (χ4n) is 3.51. The highest BCUT2D eigenvalue weighted by atomic mass is 19.1. The molecule has 2 N–H and O–H groups in total. The van der Waals surface area contributed by atoms with Crippen molar-refractivity contribution in [1.29, 1.82) is 0 Å². The summed E-state index contributed by atoms with van der Waals surface area (Å²) in [5.74, 6) is -0.157. The van der Waals surface area contributed by atoms with Crippen LogP contribution in [0.2, 0.25) is 0 Å². The molecule has 4 heteroatoms. The van der Waals surface area contributed by atoms with E-state index in [1.54, 1.807) is 12.1 Å². The van der Waals surface area contributed by atoms with Crippen molar-refractivity contribution in [3.05, 3.63) is 100 Å². The molecule has 1 aromatic heterocycles. The Morgan fingerprint density at radius 2 is 1.59 bits per heavy atom. The number of phenols is 1. The lowest BCUT2D eigenvalue weighted by molar-refractivity contribution is 0.471. The van der Waals surface area contributed by atoms with E-state index in [1.165, 1.54) is 23.3 Å². The summed E-state index contributed by atoms with van der Waals surface area (Å²) >= 11 is 0. The van der Waals surface area contributed by atoms with Gasteiger partial charge in [0, 0.05) is 22.3 Å². The summed E-state index contributed by atoms with van der Waals surface area (Å²) in [7, 11) is 0. The number of hydrogen-bond acceptors (Lipinski definition) is 3. The molecule has 0 spiro atoms. The van der Waals surface area contributed by atoms with Crippen LogP contribution in [0.25, 0.3) is 10.9 Å². The van der Waals surface area contributed by atoms with Gasteiger partial charge in [0.1, 0.15) is 17.1 Å². The molecule has 146 valence electrons. The minimum atomic E-state index is -0.357. The molecular weight excluding hydrogens is 363 g/mol. The molecule has 4 rings (SSSR count). The van der Waals surface area contributed by atoms with Gasteiger partial charge < -0.3 is 10.4 Å². The SMILES string of the molecule is Cc1ccc2ccc(C(Nc3ccc(C)c(C)c3)c3ccc(F)cc3)c(O)c2n1. The number of benzene rings is 3. The predicted molar refractivity (Wildman–Crippen MR) is 116 cm³/mol. The van der Waals surface area contributed by atoms with E-state index in [2.05, 4.69) is 36.3 Å².